The summed E-state index contributed by atoms with van der Waals surface area (Å²) in [6.07, 6.45) is 5.91. The lowest BCUT2D eigenvalue weighted by atomic mass is 10.0. The molecule has 1 aliphatic rings. The molecule has 4 aromatic rings. The fraction of sp³-hybridized carbons (Fsp3) is 0.410. The number of hydrogen-bond donors (Lipinski definition) is 3. The number of likely N-dealkylation sites (N-methyl/N-ethyl adjacent to an activating group) is 1. The molecular formula is C39H49N5O5. The van der Waals surface area contributed by atoms with Crippen molar-refractivity contribution in [3.8, 4) is 5.75 Å². The molecule has 0 unspecified atom stereocenters. The molecule has 10 heteroatoms. The minimum atomic E-state index is -0.463. The number of carbonyl (C=O) groups is 2. The summed E-state index contributed by atoms with van der Waals surface area (Å²) in [7, 11) is 2.07. The van der Waals surface area contributed by atoms with Crippen LogP contribution in [0.1, 0.15) is 56.0 Å². The number of urea groups is 1. The van der Waals surface area contributed by atoms with Gasteiger partial charge in [0.1, 0.15) is 5.75 Å². The van der Waals surface area contributed by atoms with Crippen molar-refractivity contribution in [2.24, 2.45) is 5.92 Å². The molecule has 0 saturated carbocycles. The number of ether oxygens (including phenoxy) is 2. The molecule has 0 bridgehead atoms. The highest BCUT2D eigenvalue weighted by atomic mass is 16.5. The number of benzene rings is 3. The van der Waals surface area contributed by atoms with E-state index in [4.69, 9.17) is 9.47 Å². The van der Waals surface area contributed by atoms with Gasteiger partial charge in [0.05, 0.1) is 36.1 Å². The van der Waals surface area contributed by atoms with E-state index in [1.54, 1.807) is 35.5 Å². The van der Waals surface area contributed by atoms with Gasteiger partial charge in [-0.15, -0.1) is 0 Å². The van der Waals surface area contributed by atoms with Crippen molar-refractivity contribution in [1.82, 2.24) is 14.8 Å². The maximum atomic E-state index is 14.5. The van der Waals surface area contributed by atoms with Gasteiger partial charge in [-0.3, -0.25) is 14.7 Å². The Balaban J connectivity index is 1.39. The Hall–Kier alpha value is -4.51. The lowest BCUT2D eigenvalue weighted by Crippen LogP contribution is -2.47. The second-order valence-corrected chi connectivity index (χ2v) is 13.2. The summed E-state index contributed by atoms with van der Waals surface area (Å²) in [6.45, 7) is 8.12. The van der Waals surface area contributed by atoms with E-state index in [0.29, 0.717) is 42.4 Å². The Morgan fingerprint density at radius 3 is 2.61 bits per heavy atom. The maximum absolute atomic E-state index is 14.5. The number of pyridine rings is 1. The lowest BCUT2D eigenvalue weighted by molar-refractivity contribution is -0.0177. The number of nitrogens with one attached hydrogen (secondary N) is 2. The van der Waals surface area contributed by atoms with Crippen molar-refractivity contribution in [1.29, 1.82) is 0 Å². The molecule has 3 N–H and O–H groups in total. The summed E-state index contributed by atoms with van der Waals surface area (Å²) in [5.74, 6) is 0.119. The topological polar surface area (TPSA) is 116 Å². The van der Waals surface area contributed by atoms with Gasteiger partial charge in [-0.1, -0.05) is 43.3 Å². The minimum Gasteiger partial charge on any atom is -0.490 e. The number of amides is 3. The fourth-order valence-corrected chi connectivity index (χ4v) is 6.25. The number of hydrogen-bond acceptors (Lipinski definition) is 7. The number of aliphatic hydroxyl groups excluding tert-OH is 1. The Labute approximate surface area is 289 Å². The van der Waals surface area contributed by atoms with Gasteiger partial charge < -0.3 is 30.1 Å². The summed E-state index contributed by atoms with van der Waals surface area (Å²) in [6, 6.07) is 21.9. The highest BCUT2D eigenvalue weighted by Gasteiger charge is 2.30. The van der Waals surface area contributed by atoms with Crippen LogP contribution in [0.25, 0.3) is 10.8 Å². The Bertz CT molecular complexity index is 1680. The van der Waals surface area contributed by atoms with Gasteiger partial charge in [0.15, 0.2) is 0 Å². The Morgan fingerprint density at radius 2 is 1.82 bits per heavy atom. The molecule has 0 aliphatic carbocycles. The second-order valence-electron chi connectivity index (χ2n) is 13.2. The average Bonchev–Trinajstić information content (AvgIpc) is 3.10. The third-order valence-corrected chi connectivity index (χ3v) is 9.04. The zero-order valence-corrected chi connectivity index (χ0v) is 29.0. The largest absolute Gasteiger partial charge is 0.490 e. The molecule has 0 saturated heterocycles. The Kier molecular flexibility index (Phi) is 12.6. The second kappa shape index (κ2) is 17.2. The first-order valence-corrected chi connectivity index (χ1v) is 17.2. The van der Waals surface area contributed by atoms with E-state index in [9.17, 15) is 14.7 Å². The SMILES string of the molecule is C[C@H](CO)N1C[C@H](C)[C@H](CN(C)Cc2ccncc2)OCCCC[C@H](C)Oc2ccc(NC(=O)Nc3cccc4ccccc34)cc2C1=O. The minimum absolute atomic E-state index is 0.0446. The van der Waals surface area contributed by atoms with Crippen molar-refractivity contribution < 1.29 is 24.2 Å². The van der Waals surface area contributed by atoms with E-state index >= 15 is 0 Å². The predicted molar refractivity (Wildman–Crippen MR) is 194 cm³/mol. The van der Waals surface area contributed by atoms with Crippen LogP contribution in [-0.2, 0) is 11.3 Å². The van der Waals surface area contributed by atoms with Gasteiger partial charge in [0.25, 0.3) is 5.91 Å². The molecule has 0 radical (unpaired) electrons. The van der Waals surface area contributed by atoms with Crippen LogP contribution in [0.4, 0.5) is 16.2 Å². The molecule has 260 valence electrons. The van der Waals surface area contributed by atoms with Gasteiger partial charge in [0, 0.05) is 55.6 Å². The van der Waals surface area contributed by atoms with Crippen LogP contribution in [0, 0.1) is 5.92 Å². The van der Waals surface area contributed by atoms with Crippen molar-refractivity contribution in [3.05, 3.63) is 96.3 Å². The standard InChI is InChI=1S/C39H49N5O5/c1-27-23-44(28(2)26-45)38(46)34-22-32(41-39(47)42-35-14-9-12-31-11-5-6-13-33(31)35)15-16-36(34)49-29(3)10-7-8-21-48-37(27)25-43(4)24-30-17-19-40-20-18-30/h5-6,9,11-20,22,27-29,37,45H,7-8,10,21,23-26H2,1-4H3,(H2,41,42,47)/t27-,28+,29-,37-/m0/s1. The highest BCUT2D eigenvalue weighted by molar-refractivity contribution is 6.07. The summed E-state index contributed by atoms with van der Waals surface area (Å²) < 4.78 is 12.8. The molecule has 3 amide bonds. The molecule has 0 spiro atoms. The van der Waals surface area contributed by atoms with Gasteiger partial charge in [-0.2, -0.15) is 0 Å². The van der Waals surface area contributed by atoms with Crippen LogP contribution < -0.4 is 15.4 Å². The van der Waals surface area contributed by atoms with Crippen LogP contribution in [0.3, 0.4) is 0 Å². The van der Waals surface area contributed by atoms with Crippen LogP contribution in [0.5, 0.6) is 5.75 Å². The molecule has 0 fully saturated rings. The number of aromatic nitrogens is 1. The molecular weight excluding hydrogens is 618 g/mol. The monoisotopic (exact) mass is 667 g/mol. The number of aliphatic hydroxyl groups is 1. The summed E-state index contributed by atoms with van der Waals surface area (Å²) in [4.78, 5) is 35.7. The normalized spacial score (nSPS) is 19.8. The quantitative estimate of drug-likeness (QED) is 0.189. The smallest absolute Gasteiger partial charge is 0.323 e. The highest BCUT2D eigenvalue weighted by Crippen LogP contribution is 2.29. The van der Waals surface area contributed by atoms with E-state index in [1.165, 1.54) is 0 Å². The lowest BCUT2D eigenvalue weighted by Gasteiger charge is -2.36. The third kappa shape index (κ3) is 9.78. The van der Waals surface area contributed by atoms with E-state index in [2.05, 4.69) is 34.5 Å². The first-order valence-electron chi connectivity index (χ1n) is 17.2. The molecule has 49 heavy (non-hydrogen) atoms. The number of anilines is 2. The average molecular weight is 668 g/mol. The van der Waals surface area contributed by atoms with E-state index in [-0.39, 0.29) is 30.6 Å². The maximum Gasteiger partial charge on any atom is 0.323 e. The van der Waals surface area contributed by atoms with Crippen molar-refractivity contribution >= 4 is 34.1 Å². The first-order chi connectivity index (χ1) is 23.7. The fourth-order valence-electron chi connectivity index (χ4n) is 6.25. The summed E-state index contributed by atoms with van der Waals surface area (Å²) >= 11 is 0. The number of fused-ring (bicyclic) bond motifs is 2. The van der Waals surface area contributed by atoms with Crippen LogP contribution in [-0.4, -0.2) is 83.4 Å². The number of carbonyl (C=O) groups excluding carboxylic acids is 2. The van der Waals surface area contributed by atoms with Crippen LogP contribution in [0.2, 0.25) is 0 Å². The van der Waals surface area contributed by atoms with Crippen LogP contribution in [0.15, 0.2) is 85.2 Å². The zero-order chi connectivity index (χ0) is 34.8. The molecule has 5 rings (SSSR count). The molecule has 1 aromatic heterocycles. The van der Waals surface area contributed by atoms with E-state index < -0.39 is 12.1 Å². The predicted octanol–water partition coefficient (Wildman–Crippen LogP) is 6.81. The number of rotatable bonds is 8. The van der Waals surface area contributed by atoms with E-state index in [1.807, 2.05) is 68.4 Å². The first kappa shape index (κ1) is 35.8. The van der Waals surface area contributed by atoms with Crippen molar-refractivity contribution in [2.45, 2.75) is 64.8 Å². The molecule has 3 aromatic carbocycles. The van der Waals surface area contributed by atoms with Gasteiger partial charge in [-0.05, 0) is 87.5 Å². The molecule has 1 aliphatic heterocycles. The summed E-state index contributed by atoms with van der Waals surface area (Å²) in [5.41, 5.74) is 2.62. The van der Waals surface area contributed by atoms with Crippen LogP contribution >= 0.6 is 0 Å². The van der Waals surface area contributed by atoms with Gasteiger partial charge >= 0.3 is 6.03 Å². The summed E-state index contributed by atoms with van der Waals surface area (Å²) in [5, 5.41) is 18.1. The molecule has 2 heterocycles. The van der Waals surface area contributed by atoms with E-state index in [0.717, 1.165) is 42.1 Å². The number of nitrogens with zero attached hydrogens (tertiary/aromatic N) is 3. The third-order valence-electron chi connectivity index (χ3n) is 9.04. The van der Waals surface area contributed by atoms with Gasteiger partial charge in [-0.25, -0.2) is 4.79 Å². The van der Waals surface area contributed by atoms with Crippen molar-refractivity contribution in [2.75, 3.05) is 44.0 Å². The van der Waals surface area contributed by atoms with Crippen molar-refractivity contribution in [3.63, 3.8) is 0 Å². The van der Waals surface area contributed by atoms with Gasteiger partial charge in [0.2, 0.25) is 0 Å². The molecule has 10 nitrogen and oxygen atoms in total. The molecule has 4 atom stereocenters. The zero-order valence-electron chi connectivity index (χ0n) is 29.0. The Morgan fingerprint density at radius 1 is 1.04 bits per heavy atom.